The number of rotatable bonds is 9. The lowest BCUT2D eigenvalue weighted by molar-refractivity contribution is -0.127. The molecule has 4 rings (SSSR count). The van der Waals surface area contributed by atoms with Gasteiger partial charge in [-0.05, 0) is 35.2 Å². The van der Waals surface area contributed by atoms with E-state index in [1.807, 2.05) is 41.9 Å². The average molecular weight is 447 g/mol. The van der Waals surface area contributed by atoms with Crippen molar-refractivity contribution >= 4 is 17.7 Å². The third-order valence-corrected chi connectivity index (χ3v) is 6.19. The highest BCUT2D eigenvalue weighted by atomic mass is 32.2. The molecule has 4 aromatic rings. The molecule has 1 amide bonds. The number of hydrogen-bond acceptors (Lipinski definition) is 5. The van der Waals surface area contributed by atoms with Crippen molar-refractivity contribution in [3.63, 3.8) is 0 Å². The minimum Gasteiger partial charge on any atom is -0.461 e. The van der Waals surface area contributed by atoms with Crippen molar-refractivity contribution in [1.29, 1.82) is 0 Å². The van der Waals surface area contributed by atoms with Crippen LogP contribution in [0.25, 0.3) is 11.6 Å². The summed E-state index contributed by atoms with van der Waals surface area (Å²) in [7, 11) is 1.83. The molecule has 0 saturated carbocycles. The second-order valence-corrected chi connectivity index (χ2v) is 8.51. The van der Waals surface area contributed by atoms with E-state index in [1.54, 1.807) is 11.2 Å². The van der Waals surface area contributed by atoms with Gasteiger partial charge >= 0.3 is 0 Å². The van der Waals surface area contributed by atoms with Crippen LogP contribution in [0.1, 0.15) is 23.6 Å². The fourth-order valence-electron chi connectivity index (χ4n) is 3.37. The van der Waals surface area contributed by atoms with E-state index in [4.69, 9.17) is 4.42 Å². The maximum Gasteiger partial charge on any atom is 0.233 e. The number of carbonyl (C=O) groups is 1. The van der Waals surface area contributed by atoms with Crippen molar-refractivity contribution in [2.45, 2.75) is 31.6 Å². The number of thioether (sulfide) groups is 1. The van der Waals surface area contributed by atoms with E-state index in [1.165, 1.54) is 17.3 Å². The van der Waals surface area contributed by atoms with E-state index in [-0.39, 0.29) is 11.7 Å². The molecule has 0 bridgehead atoms. The number of furan rings is 1. The Kier molecular flexibility index (Phi) is 7.07. The molecule has 0 N–H and O–H groups in total. The van der Waals surface area contributed by atoms with Crippen LogP contribution in [0.4, 0.5) is 0 Å². The summed E-state index contributed by atoms with van der Waals surface area (Å²) in [4.78, 5) is 14.5. The number of aryl methyl sites for hydroxylation is 1. The van der Waals surface area contributed by atoms with E-state index >= 15 is 0 Å². The molecule has 2 aromatic heterocycles. The standard InChI is InChI=1S/C25H26N4O2S/c1-3-19-11-13-21(14-12-19)16-28(2)23(30)18-32-25-27-26-24(22-10-7-15-31-22)29(25)17-20-8-5-4-6-9-20/h4-15H,3,16-18H2,1-2H3. The normalized spacial score (nSPS) is 10.9. The number of carbonyl (C=O) groups excluding carboxylic acids is 1. The van der Waals surface area contributed by atoms with Crippen LogP contribution in [0, 0.1) is 0 Å². The third-order valence-electron chi connectivity index (χ3n) is 5.24. The fourth-order valence-corrected chi connectivity index (χ4v) is 4.25. The molecule has 0 atom stereocenters. The molecule has 2 heterocycles. The van der Waals surface area contributed by atoms with E-state index in [9.17, 15) is 4.79 Å². The van der Waals surface area contributed by atoms with E-state index in [2.05, 4.69) is 53.5 Å². The Bertz CT molecular complexity index is 1140. The van der Waals surface area contributed by atoms with Gasteiger partial charge in [-0.1, -0.05) is 73.3 Å². The number of hydrogen-bond donors (Lipinski definition) is 0. The maximum atomic E-state index is 12.8. The first-order chi connectivity index (χ1) is 15.6. The molecule has 0 aliphatic rings. The van der Waals surface area contributed by atoms with Crippen LogP contribution in [0.15, 0.2) is 82.6 Å². The summed E-state index contributed by atoms with van der Waals surface area (Å²) in [6.45, 7) is 3.31. The molecule has 0 aliphatic carbocycles. The zero-order chi connectivity index (χ0) is 22.3. The smallest absolute Gasteiger partial charge is 0.233 e. The number of amides is 1. The van der Waals surface area contributed by atoms with E-state index in [0.717, 1.165) is 17.5 Å². The van der Waals surface area contributed by atoms with Crippen molar-refractivity contribution in [3.05, 3.63) is 89.7 Å². The first kappa shape index (κ1) is 21.9. The first-order valence-electron chi connectivity index (χ1n) is 10.6. The lowest BCUT2D eigenvalue weighted by atomic mass is 10.1. The maximum absolute atomic E-state index is 12.8. The minimum absolute atomic E-state index is 0.0448. The summed E-state index contributed by atoms with van der Waals surface area (Å²) in [6, 6.07) is 22.2. The molecule has 2 aromatic carbocycles. The highest BCUT2D eigenvalue weighted by molar-refractivity contribution is 7.99. The Morgan fingerprint density at radius 3 is 2.41 bits per heavy atom. The highest BCUT2D eigenvalue weighted by Gasteiger charge is 2.19. The monoisotopic (exact) mass is 446 g/mol. The molecule has 7 heteroatoms. The van der Waals surface area contributed by atoms with Gasteiger partial charge in [-0.3, -0.25) is 9.36 Å². The van der Waals surface area contributed by atoms with Gasteiger partial charge in [0.2, 0.25) is 11.7 Å². The van der Waals surface area contributed by atoms with Gasteiger partial charge in [0.15, 0.2) is 10.9 Å². The van der Waals surface area contributed by atoms with Crippen LogP contribution < -0.4 is 0 Å². The third kappa shape index (κ3) is 5.29. The number of benzene rings is 2. The van der Waals surface area contributed by atoms with Gasteiger partial charge in [0.1, 0.15) is 0 Å². The van der Waals surface area contributed by atoms with Crippen LogP contribution in [0.2, 0.25) is 0 Å². The summed E-state index contributed by atoms with van der Waals surface area (Å²) in [5.74, 6) is 1.63. The lowest BCUT2D eigenvalue weighted by Gasteiger charge is -2.17. The highest BCUT2D eigenvalue weighted by Crippen LogP contribution is 2.26. The second-order valence-electron chi connectivity index (χ2n) is 7.56. The summed E-state index contributed by atoms with van der Waals surface area (Å²) in [6.07, 6.45) is 2.63. The van der Waals surface area contributed by atoms with Crippen molar-refractivity contribution in [2.75, 3.05) is 12.8 Å². The SMILES string of the molecule is CCc1ccc(CN(C)C(=O)CSc2nnc(-c3ccco3)n2Cc2ccccc2)cc1. The summed E-state index contributed by atoms with van der Waals surface area (Å²) >= 11 is 1.39. The van der Waals surface area contributed by atoms with Gasteiger partial charge in [0.25, 0.3) is 0 Å². The summed E-state index contributed by atoms with van der Waals surface area (Å²) in [5.41, 5.74) is 3.54. The largest absolute Gasteiger partial charge is 0.461 e. The number of nitrogens with zero attached hydrogens (tertiary/aromatic N) is 4. The molecule has 0 fully saturated rings. The molecule has 6 nitrogen and oxygen atoms in total. The zero-order valence-corrected chi connectivity index (χ0v) is 19.1. The van der Waals surface area contributed by atoms with Gasteiger partial charge in [-0.2, -0.15) is 0 Å². The van der Waals surface area contributed by atoms with Gasteiger partial charge < -0.3 is 9.32 Å². The Balaban J connectivity index is 1.45. The summed E-state index contributed by atoms with van der Waals surface area (Å²) < 4.78 is 7.55. The Morgan fingerprint density at radius 1 is 0.969 bits per heavy atom. The van der Waals surface area contributed by atoms with Gasteiger partial charge in [-0.15, -0.1) is 10.2 Å². The molecule has 0 spiro atoms. The lowest BCUT2D eigenvalue weighted by Crippen LogP contribution is -2.28. The van der Waals surface area contributed by atoms with E-state index < -0.39 is 0 Å². The van der Waals surface area contributed by atoms with Crippen molar-refractivity contribution in [1.82, 2.24) is 19.7 Å². The number of aromatic nitrogens is 3. The van der Waals surface area contributed by atoms with Crippen LogP contribution in [0.5, 0.6) is 0 Å². The van der Waals surface area contributed by atoms with Crippen LogP contribution in [-0.4, -0.2) is 38.4 Å². The van der Waals surface area contributed by atoms with Gasteiger partial charge in [-0.25, -0.2) is 0 Å². The minimum atomic E-state index is 0.0448. The van der Waals surface area contributed by atoms with Crippen molar-refractivity contribution < 1.29 is 9.21 Å². The second kappa shape index (κ2) is 10.3. The van der Waals surface area contributed by atoms with Crippen LogP contribution in [-0.2, 0) is 24.3 Å². The molecule has 32 heavy (non-hydrogen) atoms. The average Bonchev–Trinajstić information content (AvgIpc) is 3.49. The fraction of sp³-hybridized carbons (Fsp3) is 0.240. The van der Waals surface area contributed by atoms with Crippen molar-refractivity contribution in [2.24, 2.45) is 0 Å². The molecule has 164 valence electrons. The topological polar surface area (TPSA) is 64.2 Å². The Morgan fingerprint density at radius 2 is 1.72 bits per heavy atom. The van der Waals surface area contributed by atoms with E-state index in [0.29, 0.717) is 29.8 Å². The molecular weight excluding hydrogens is 420 g/mol. The molecule has 0 unspecified atom stereocenters. The molecular formula is C25H26N4O2S. The summed E-state index contributed by atoms with van der Waals surface area (Å²) in [5, 5.41) is 9.37. The Hall–Kier alpha value is -3.32. The zero-order valence-electron chi connectivity index (χ0n) is 18.3. The van der Waals surface area contributed by atoms with Crippen LogP contribution in [0.3, 0.4) is 0 Å². The van der Waals surface area contributed by atoms with Crippen LogP contribution >= 0.6 is 11.8 Å². The first-order valence-corrected chi connectivity index (χ1v) is 11.6. The quantitative estimate of drug-likeness (QED) is 0.342. The molecule has 0 saturated heterocycles. The van der Waals surface area contributed by atoms with Crippen molar-refractivity contribution in [3.8, 4) is 11.6 Å². The molecule has 0 radical (unpaired) electrons. The van der Waals surface area contributed by atoms with Gasteiger partial charge in [0.05, 0.1) is 18.6 Å². The Labute approximate surface area is 192 Å². The predicted molar refractivity (Wildman–Crippen MR) is 126 cm³/mol. The predicted octanol–water partition coefficient (Wildman–Crippen LogP) is 4.90. The van der Waals surface area contributed by atoms with Gasteiger partial charge in [0, 0.05) is 13.6 Å². The molecule has 0 aliphatic heterocycles.